The molecule has 1 aliphatic heterocycles. The number of nitrogens with zero attached hydrogens (tertiary/aromatic N) is 5. The summed E-state index contributed by atoms with van der Waals surface area (Å²) in [6.07, 6.45) is 6.91. The van der Waals surface area contributed by atoms with Gasteiger partial charge in [0.25, 0.3) is 5.91 Å². The third-order valence-electron chi connectivity index (χ3n) is 7.59. The van der Waals surface area contributed by atoms with E-state index >= 15 is 0 Å². The van der Waals surface area contributed by atoms with Gasteiger partial charge < -0.3 is 5.32 Å². The standard InChI is InChI=1S/C27H29IN6O2/c1-32(2)27(21-11-7-4-8-12-21)15-13-26(14-16-27)19-33(25(36)31-26)22-17-29-24(30-18-22)34(28)23(35)20-9-5-3-6-10-20/h3-12,17-18H,13-16,19H2,1-2H3,(H,31,36). The second-order valence-corrected chi connectivity index (χ2v) is 10.7. The van der Waals surface area contributed by atoms with Gasteiger partial charge in [-0.3, -0.25) is 14.6 Å². The molecule has 5 rings (SSSR count). The Bertz CT molecular complexity index is 1230. The van der Waals surface area contributed by atoms with Gasteiger partial charge in [0, 0.05) is 11.1 Å². The molecule has 1 spiro atoms. The molecular weight excluding hydrogens is 567 g/mol. The monoisotopic (exact) mass is 596 g/mol. The first kappa shape index (κ1) is 24.6. The van der Waals surface area contributed by atoms with Crippen LogP contribution in [0, 0.1) is 0 Å². The number of anilines is 2. The Kier molecular flexibility index (Phi) is 6.69. The molecule has 0 bridgehead atoms. The summed E-state index contributed by atoms with van der Waals surface area (Å²) in [6, 6.07) is 19.5. The summed E-state index contributed by atoms with van der Waals surface area (Å²) >= 11 is 1.91. The first-order chi connectivity index (χ1) is 17.3. The van der Waals surface area contributed by atoms with Gasteiger partial charge in [-0.2, -0.15) is 0 Å². The van der Waals surface area contributed by atoms with Crippen LogP contribution >= 0.6 is 22.9 Å². The number of halogens is 1. The van der Waals surface area contributed by atoms with Crippen molar-refractivity contribution in [2.24, 2.45) is 0 Å². The van der Waals surface area contributed by atoms with Crippen molar-refractivity contribution in [3.8, 4) is 0 Å². The number of benzene rings is 2. The first-order valence-electron chi connectivity index (χ1n) is 12.0. The van der Waals surface area contributed by atoms with Gasteiger partial charge in [0.1, 0.15) is 0 Å². The molecule has 2 heterocycles. The highest BCUT2D eigenvalue weighted by Gasteiger charge is 2.50. The number of nitrogens with one attached hydrogen (secondary N) is 1. The van der Waals surface area contributed by atoms with E-state index in [2.05, 4.69) is 64.6 Å². The largest absolute Gasteiger partial charge is 0.330 e. The SMILES string of the molecule is CN(C)C1(c2ccccc2)CCC2(CC1)CN(c1cnc(N(I)C(=O)c3ccccc3)nc1)C(=O)N2. The molecule has 1 saturated carbocycles. The Morgan fingerprint density at radius 3 is 2.11 bits per heavy atom. The molecule has 1 aromatic heterocycles. The van der Waals surface area contributed by atoms with Crippen LogP contribution in [0.5, 0.6) is 0 Å². The minimum absolute atomic E-state index is 0.0372. The quantitative estimate of drug-likeness (QED) is 0.339. The summed E-state index contributed by atoms with van der Waals surface area (Å²) in [4.78, 5) is 38.5. The van der Waals surface area contributed by atoms with Crippen LogP contribution in [0.1, 0.15) is 41.6 Å². The normalized spacial score (nSPS) is 23.7. The molecule has 1 N–H and O–H groups in total. The van der Waals surface area contributed by atoms with Crippen molar-refractivity contribution in [2.45, 2.75) is 36.8 Å². The average molecular weight is 596 g/mol. The molecule has 2 aromatic carbocycles. The minimum Gasteiger partial charge on any atom is -0.330 e. The average Bonchev–Trinajstić information content (AvgIpc) is 3.24. The summed E-state index contributed by atoms with van der Waals surface area (Å²) < 4.78 is 1.38. The Morgan fingerprint density at radius 2 is 1.53 bits per heavy atom. The smallest absolute Gasteiger partial charge is 0.322 e. The number of rotatable bonds is 5. The highest BCUT2D eigenvalue weighted by Crippen LogP contribution is 2.46. The lowest BCUT2D eigenvalue weighted by molar-refractivity contribution is 0.0658. The van der Waals surface area contributed by atoms with Crippen LogP contribution in [0.25, 0.3) is 0 Å². The van der Waals surface area contributed by atoms with Gasteiger partial charge in [-0.05, 0) is 57.5 Å². The summed E-state index contributed by atoms with van der Waals surface area (Å²) in [5.41, 5.74) is 2.19. The van der Waals surface area contributed by atoms with E-state index in [0.717, 1.165) is 25.7 Å². The molecule has 186 valence electrons. The Labute approximate surface area is 225 Å². The van der Waals surface area contributed by atoms with Crippen LogP contribution in [0.4, 0.5) is 16.4 Å². The molecule has 0 radical (unpaired) electrons. The second-order valence-electron chi connectivity index (χ2n) is 9.78. The predicted molar refractivity (Wildman–Crippen MR) is 148 cm³/mol. The second kappa shape index (κ2) is 9.78. The Balaban J connectivity index is 1.29. The van der Waals surface area contributed by atoms with Gasteiger partial charge in [0.15, 0.2) is 0 Å². The van der Waals surface area contributed by atoms with Crippen molar-refractivity contribution in [1.82, 2.24) is 20.2 Å². The lowest BCUT2D eigenvalue weighted by atomic mass is 9.69. The number of urea groups is 1. The third kappa shape index (κ3) is 4.45. The molecule has 3 aromatic rings. The molecule has 0 atom stereocenters. The summed E-state index contributed by atoms with van der Waals surface area (Å²) in [5, 5.41) is 3.27. The maximum atomic E-state index is 13.0. The van der Waals surface area contributed by atoms with E-state index in [0.29, 0.717) is 17.8 Å². The molecule has 9 heteroatoms. The van der Waals surface area contributed by atoms with Crippen molar-refractivity contribution in [2.75, 3.05) is 28.7 Å². The van der Waals surface area contributed by atoms with Crippen molar-refractivity contribution in [3.05, 3.63) is 84.2 Å². The van der Waals surface area contributed by atoms with Crippen LogP contribution in [0.15, 0.2) is 73.1 Å². The molecule has 1 saturated heterocycles. The minimum atomic E-state index is -0.275. The summed E-state index contributed by atoms with van der Waals surface area (Å²) in [7, 11) is 4.28. The Morgan fingerprint density at radius 1 is 0.944 bits per heavy atom. The number of hydrogen-bond acceptors (Lipinski definition) is 5. The lowest BCUT2D eigenvalue weighted by Crippen LogP contribution is -2.54. The number of carbonyl (C=O) groups is 2. The fraction of sp³-hybridized carbons (Fsp3) is 0.333. The number of carbonyl (C=O) groups excluding carboxylic acids is 2. The van der Waals surface area contributed by atoms with Crippen LogP contribution in [-0.2, 0) is 5.54 Å². The molecule has 36 heavy (non-hydrogen) atoms. The van der Waals surface area contributed by atoms with E-state index in [4.69, 9.17) is 0 Å². The molecule has 2 fully saturated rings. The van der Waals surface area contributed by atoms with Crippen LogP contribution in [0.3, 0.4) is 0 Å². The number of aromatic nitrogens is 2. The van der Waals surface area contributed by atoms with E-state index in [1.165, 1.54) is 8.68 Å². The van der Waals surface area contributed by atoms with E-state index in [1.54, 1.807) is 29.4 Å². The van der Waals surface area contributed by atoms with E-state index < -0.39 is 0 Å². The first-order valence-corrected chi connectivity index (χ1v) is 13.0. The third-order valence-corrected chi connectivity index (χ3v) is 8.46. The molecule has 2 aliphatic rings. The van der Waals surface area contributed by atoms with Gasteiger partial charge >= 0.3 is 6.03 Å². The maximum absolute atomic E-state index is 13.0. The van der Waals surface area contributed by atoms with Crippen molar-refractivity contribution < 1.29 is 9.59 Å². The molecule has 1 aliphatic carbocycles. The van der Waals surface area contributed by atoms with E-state index in [9.17, 15) is 9.59 Å². The van der Waals surface area contributed by atoms with Crippen molar-refractivity contribution in [3.63, 3.8) is 0 Å². The van der Waals surface area contributed by atoms with Gasteiger partial charge in [-0.25, -0.2) is 17.9 Å². The highest BCUT2D eigenvalue weighted by molar-refractivity contribution is 14.1. The fourth-order valence-corrected chi connectivity index (χ4v) is 5.95. The van der Waals surface area contributed by atoms with E-state index in [1.807, 2.05) is 41.1 Å². The molecule has 3 amide bonds. The fourth-order valence-electron chi connectivity index (χ4n) is 5.42. The lowest BCUT2D eigenvalue weighted by Gasteiger charge is -2.48. The number of amides is 3. The van der Waals surface area contributed by atoms with E-state index in [-0.39, 0.29) is 29.0 Å². The molecular formula is C27H29IN6O2. The van der Waals surface area contributed by atoms with Crippen LogP contribution in [0.2, 0.25) is 0 Å². The highest BCUT2D eigenvalue weighted by atomic mass is 127. The maximum Gasteiger partial charge on any atom is 0.322 e. The van der Waals surface area contributed by atoms with Crippen LogP contribution in [-0.4, -0.2) is 53.0 Å². The van der Waals surface area contributed by atoms with Crippen LogP contribution < -0.4 is 13.3 Å². The molecule has 0 unspecified atom stereocenters. The predicted octanol–water partition coefficient (Wildman–Crippen LogP) is 4.77. The zero-order valence-electron chi connectivity index (χ0n) is 20.4. The van der Waals surface area contributed by atoms with Gasteiger partial charge in [-0.15, -0.1) is 0 Å². The number of hydrogen-bond donors (Lipinski definition) is 1. The molecule has 8 nitrogen and oxygen atoms in total. The summed E-state index contributed by atoms with van der Waals surface area (Å²) in [6.45, 7) is 0.573. The summed E-state index contributed by atoms with van der Waals surface area (Å²) in [5.74, 6) is 0.0747. The van der Waals surface area contributed by atoms with Crippen molar-refractivity contribution >= 4 is 46.4 Å². The Hall–Kier alpha value is -3.05. The van der Waals surface area contributed by atoms with Gasteiger partial charge in [0.05, 0.1) is 53.0 Å². The zero-order valence-corrected chi connectivity index (χ0v) is 22.6. The van der Waals surface area contributed by atoms with Gasteiger partial charge in [0.2, 0.25) is 5.95 Å². The van der Waals surface area contributed by atoms with Crippen molar-refractivity contribution in [1.29, 1.82) is 0 Å². The van der Waals surface area contributed by atoms with Gasteiger partial charge in [-0.1, -0.05) is 48.5 Å². The topological polar surface area (TPSA) is 81.7 Å². The zero-order chi connectivity index (χ0) is 25.3.